The molecule has 3 N–H and O–H groups in total. The first-order valence-corrected chi connectivity index (χ1v) is 5.42. The SMILES string of the molecule is C[C@@H](CN)NC(=O)c1ccc2c(c1)nnn2C.Cl. The van der Waals surface area contributed by atoms with Gasteiger partial charge in [0.05, 0.1) is 5.52 Å². The summed E-state index contributed by atoms with van der Waals surface area (Å²) < 4.78 is 1.67. The van der Waals surface area contributed by atoms with Crippen LogP contribution in [0.2, 0.25) is 0 Å². The molecule has 0 unspecified atom stereocenters. The van der Waals surface area contributed by atoms with Crippen molar-refractivity contribution in [3.05, 3.63) is 23.8 Å². The van der Waals surface area contributed by atoms with Gasteiger partial charge in [-0.25, -0.2) is 4.68 Å². The van der Waals surface area contributed by atoms with Crippen LogP contribution >= 0.6 is 12.4 Å². The van der Waals surface area contributed by atoms with Crippen LogP contribution < -0.4 is 11.1 Å². The zero-order chi connectivity index (χ0) is 12.4. The van der Waals surface area contributed by atoms with E-state index in [1.807, 2.05) is 20.0 Å². The molecule has 1 atom stereocenters. The van der Waals surface area contributed by atoms with Gasteiger partial charge >= 0.3 is 0 Å². The lowest BCUT2D eigenvalue weighted by Crippen LogP contribution is -2.37. The Bertz CT molecular complexity index is 553. The van der Waals surface area contributed by atoms with Gasteiger partial charge < -0.3 is 11.1 Å². The van der Waals surface area contributed by atoms with Crippen molar-refractivity contribution in [3.8, 4) is 0 Å². The predicted octanol–water partition coefficient (Wildman–Crippen LogP) is 0.467. The Morgan fingerprint density at radius 3 is 2.94 bits per heavy atom. The summed E-state index contributed by atoms with van der Waals surface area (Å²) in [6, 6.07) is 5.27. The van der Waals surface area contributed by atoms with Gasteiger partial charge in [-0.05, 0) is 25.1 Å². The summed E-state index contributed by atoms with van der Waals surface area (Å²) in [5.41, 5.74) is 7.63. The van der Waals surface area contributed by atoms with E-state index in [9.17, 15) is 4.79 Å². The van der Waals surface area contributed by atoms with Crippen LogP contribution in [0.15, 0.2) is 18.2 Å². The normalized spacial score (nSPS) is 11.9. The quantitative estimate of drug-likeness (QED) is 0.848. The highest BCUT2D eigenvalue weighted by Crippen LogP contribution is 2.12. The summed E-state index contributed by atoms with van der Waals surface area (Å²) in [6.07, 6.45) is 0. The maximum Gasteiger partial charge on any atom is 0.251 e. The first-order chi connectivity index (χ1) is 8.11. The van der Waals surface area contributed by atoms with E-state index in [0.29, 0.717) is 17.6 Å². The first kappa shape index (κ1) is 14.4. The molecule has 1 aromatic heterocycles. The molecular weight excluding hydrogens is 254 g/mol. The second-order valence-corrected chi connectivity index (χ2v) is 4.03. The number of nitrogens with two attached hydrogens (primary N) is 1. The van der Waals surface area contributed by atoms with Crippen LogP contribution in [-0.4, -0.2) is 33.5 Å². The zero-order valence-electron chi connectivity index (χ0n) is 10.3. The summed E-state index contributed by atoms with van der Waals surface area (Å²) in [4.78, 5) is 11.8. The van der Waals surface area contributed by atoms with Gasteiger partial charge in [-0.3, -0.25) is 4.79 Å². The van der Waals surface area contributed by atoms with Gasteiger partial charge in [-0.2, -0.15) is 0 Å². The van der Waals surface area contributed by atoms with E-state index < -0.39 is 0 Å². The number of hydrogen-bond acceptors (Lipinski definition) is 4. The first-order valence-electron chi connectivity index (χ1n) is 5.42. The number of fused-ring (bicyclic) bond motifs is 1. The van der Waals surface area contributed by atoms with Crippen molar-refractivity contribution in [1.29, 1.82) is 0 Å². The number of amides is 1. The fourth-order valence-corrected chi connectivity index (χ4v) is 1.55. The van der Waals surface area contributed by atoms with Crippen LogP contribution in [0.5, 0.6) is 0 Å². The van der Waals surface area contributed by atoms with Crippen LogP contribution in [0.1, 0.15) is 17.3 Å². The third kappa shape index (κ3) is 2.77. The molecule has 0 bridgehead atoms. The number of aryl methyl sites for hydroxylation is 1. The molecule has 1 aromatic carbocycles. The summed E-state index contributed by atoms with van der Waals surface area (Å²) in [7, 11) is 1.81. The number of rotatable bonds is 3. The summed E-state index contributed by atoms with van der Waals surface area (Å²) in [6.45, 7) is 2.28. The van der Waals surface area contributed by atoms with Gasteiger partial charge in [-0.15, -0.1) is 17.5 Å². The molecule has 6 nitrogen and oxygen atoms in total. The summed E-state index contributed by atoms with van der Waals surface area (Å²) in [5, 5.41) is 10.7. The van der Waals surface area contributed by atoms with Crippen LogP contribution in [0.4, 0.5) is 0 Å². The van der Waals surface area contributed by atoms with Crippen LogP contribution in [-0.2, 0) is 7.05 Å². The molecule has 0 aliphatic heterocycles. The zero-order valence-corrected chi connectivity index (χ0v) is 11.1. The molecule has 2 aromatic rings. The molecule has 0 aliphatic carbocycles. The van der Waals surface area contributed by atoms with Crippen molar-refractivity contribution >= 4 is 29.3 Å². The molecule has 0 spiro atoms. The fraction of sp³-hybridized carbons (Fsp3) is 0.364. The molecule has 1 heterocycles. The number of halogens is 1. The molecule has 0 saturated carbocycles. The van der Waals surface area contributed by atoms with E-state index in [1.54, 1.807) is 16.8 Å². The van der Waals surface area contributed by atoms with Gasteiger partial charge in [0.15, 0.2) is 0 Å². The fourth-order valence-electron chi connectivity index (χ4n) is 1.55. The standard InChI is InChI=1S/C11H15N5O.ClH/c1-7(6-12)13-11(17)8-3-4-10-9(5-8)14-15-16(10)2;/h3-5,7H,6,12H2,1-2H3,(H,13,17);1H/t7-;/m0./s1. The minimum absolute atomic E-state index is 0. The Hall–Kier alpha value is -1.66. The second-order valence-electron chi connectivity index (χ2n) is 4.03. The highest BCUT2D eigenvalue weighted by Gasteiger charge is 2.10. The molecule has 1 amide bonds. The highest BCUT2D eigenvalue weighted by molar-refractivity contribution is 5.97. The molecule has 18 heavy (non-hydrogen) atoms. The number of carbonyl (C=O) groups excluding carboxylic acids is 1. The van der Waals surface area contributed by atoms with Gasteiger partial charge in [0.1, 0.15) is 5.52 Å². The highest BCUT2D eigenvalue weighted by atomic mass is 35.5. The van der Waals surface area contributed by atoms with Crippen molar-refractivity contribution in [2.75, 3.05) is 6.54 Å². The second kappa shape index (κ2) is 5.79. The van der Waals surface area contributed by atoms with Gasteiger partial charge in [-0.1, -0.05) is 5.21 Å². The van der Waals surface area contributed by atoms with E-state index in [0.717, 1.165) is 5.52 Å². The lowest BCUT2D eigenvalue weighted by atomic mass is 10.1. The molecule has 0 saturated heterocycles. The van der Waals surface area contributed by atoms with Crippen molar-refractivity contribution in [1.82, 2.24) is 20.3 Å². The van der Waals surface area contributed by atoms with E-state index in [2.05, 4.69) is 15.6 Å². The van der Waals surface area contributed by atoms with Crippen molar-refractivity contribution in [3.63, 3.8) is 0 Å². The lowest BCUT2D eigenvalue weighted by Gasteiger charge is -2.10. The topological polar surface area (TPSA) is 85.8 Å². The molecule has 98 valence electrons. The number of hydrogen-bond donors (Lipinski definition) is 2. The molecule has 7 heteroatoms. The third-order valence-electron chi connectivity index (χ3n) is 2.60. The Morgan fingerprint density at radius 2 is 2.28 bits per heavy atom. The van der Waals surface area contributed by atoms with E-state index in [-0.39, 0.29) is 24.4 Å². The smallest absolute Gasteiger partial charge is 0.251 e. The minimum Gasteiger partial charge on any atom is -0.348 e. The Kier molecular flexibility index (Phi) is 4.63. The number of nitrogens with one attached hydrogen (secondary N) is 1. The molecule has 0 radical (unpaired) electrons. The Balaban J connectivity index is 0.00000162. The summed E-state index contributed by atoms with van der Waals surface area (Å²) >= 11 is 0. The van der Waals surface area contributed by atoms with Crippen molar-refractivity contribution < 1.29 is 4.79 Å². The molecular formula is C11H16ClN5O. The largest absolute Gasteiger partial charge is 0.348 e. The Morgan fingerprint density at radius 1 is 1.56 bits per heavy atom. The molecule has 0 fully saturated rings. The number of nitrogens with zero attached hydrogens (tertiary/aromatic N) is 3. The predicted molar refractivity (Wildman–Crippen MR) is 71.7 cm³/mol. The van der Waals surface area contributed by atoms with Crippen LogP contribution in [0.25, 0.3) is 11.0 Å². The van der Waals surface area contributed by atoms with Gasteiger partial charge in [0.25, 0.3) is 5.91 Å². The monoisotopic (exact) mass is 269 g/mol. The van der Waals surface area contributed by atoms with Crippen molar-refractivity contribution in [2.24, 2.45) is 12.8 Å². The van der Waals surface area contributed by atoms with E-state index in [1.165, 1.54) is 0 Å². The van der Waals surface area contributed by atoms with Gasteiger partial charge in [0, 0.05) is 25.2 Å². The van der Waals surface area contributed by atoms with E-state index >= 15 is 0 Å². The maximum atomic E-state index is 11.8. The number of carbonyl (C=O) groups is 1. The molecule has 2 rings (SSSR count). The maximum absolute atomic E-state index is 11.8. The van der Waals surface area contributed by atoms with Gasteiger partial charge in [0.2, 0.25) is 0 Å². The average Bonchev–Trinajstić information content (AvgIpc) is 2.70. The van der Waals surface area contributed by atoms with E-state index in [4.69, 9.17) is 5.73 Å². The number of aromatic nitrogens is 3. The lowest BCUT2D eigenvalue weighted by molar-refractivity contribution is 0.0941. The van der Waals surface area contributed by atoms with Crippen molar-refractivity contribution in [2.45, 2.75) is 13.0 Å². The van der Waals surface area contributed by atoms with Crippen LogP contribution in [0, 0.1) is 0 Å². The average molecular weight is 270 g/mol. The molecule has 0 aliphatic rings. The number of benzene rings is 1. The third-order valence-corrected chi connectivity index (χ3v) is 2.60. The Labute approximate surface area is 111 Å². The summed E-state index contributed by atoms with van der Waals surface area (Å²) in [5.74, 6) is -0.143. The minimum atomic E-state index is -0.143. The van der Waals surface area contributed by atoms with Crippen LogP contribution in [0.3, 0.4) is 0 Å².